The highest BCUT2D eigenvalue weighted by atomic mass is 32.2. The number of guanidine groups is 1. The van der Waals surface area contributed by atoms with Crippen LogP contribution in [0.5, 0.6) is 0 Å². The summed E-state index contributed by atoms with van der Waals surface area (Å²) in [6.07, 6.45) is 6.24. The highest BCUT2D eigenvalue weighted by Gasteiger charge is 2.34. The molecule has 0 bridgehead atoms. The third kappa shape index (κ3) is 19.4. The summed E-state index contributed by atoms with van der Waals surface area (Å²) >= 11 is 1.40. The number of hydrogen-bond donors (Lipinski definition) is 10. The highest BCUT2D eigenvalue weighted by Crippen LogP contribution is 2.11. The van der Waals surface area contributed by atoms with Gasteiger partial charge < -0.3 is 48.5 Å². The van der Waals surface area contributed by atoms with E-state index >= 15 is 0 Å². The molecule has 5 atom stereocenters. The van der Waals surface area contributed by atoms with Crippen molar-refractivity contribution in [1.82, 2.24) is 31.9 Å². The number of carbonyl (C=O) groups is 8. The first-order valence-electron chi connectivity index (χ1n) is 17.7. The number of amides is 5. The molecule has 0 aliphatic carbocycles. The predicted octanol–water partition coefficient (Wildman–Crippen LogP) is -1.07. The summed E-state index contributed by atoms with van der Waals surface area (Å²) in [5.41, 5.74) is 10.7. The number of rotatable bonds is 12. The van der Waals surface area contributed by atoms with E-state index in [1.807, 2.05) is 0 Å². The molecule has 0 aromatic carbocycles. The Morgan fingerprint density at radius 2 is 1.35 bits per heavy atom. The second kappa shape index (κ2) is 25.7. The summed E-state index contributed by atoms with van der Waals surface area (Å²) in [6.45, 7) is 2.23. The largest absolute Gasteiger partial charge is 0.481 e. The summed E-state index contributed by atoms with van der Waals surface area (Å²) in [7, 11) is 0. The number of carboxylic acid groups (broad SMARTS) is 1. The van der Waals surface area contributed by atoms with Gasteiger partial charge in [0, 0.05) is 19.4 Å². The number of primary amides is 1. The fourth-order valence-corrected chi connectivity index (χ4v) is 5.90. The molecule has 1 aliphatic heterocycles. The van der Waals surface area contributed by atoms with Crippen LogP contribution in [0.2, 0.25) is 0 Å². The van der Waals surface area contributed by atoms with Crippen LogP contribution < -0.4 is 43.4 Å². The third-order valence-electron chi connectivity index (χ3n) is 8.37. The molecule has 294 valence electrons. The molecule has 1 aliphatic rings. The van der Waals surface area contributed by atoms with Gasteiger partial charge in [-0.15, -0.1) is 0 Å². The van der Waals surface area contributed by atoms with Crippen molar-refractivity contribution in [1.29, 1.82) is 5.41 Å². The Bertz CT molecular complexity index is 1250. The van der Waals surface area contributed by atoms with Crippen molar-refractivity contribution in [2.24, 2.45) is 11.5 Å². The van der Waals surface area contributed by atoms with Gasteiger partial charge >= 0.3 is 5.97 Å². The first kappa shape index (κ1) is 45.8. The van der Waals surface area contributed by atoms with Crippen LogP contribution in [0.3, 0.4) is 0 Å². The highest BCUT2D eigenvalue weighted by molar-refractivity contribution is 7.98. The maximum Gasteiger partial charge on any atom is 0.303 e. The van der Waals surface area contributed by atoms with Crippen LogP contribution in [0.15, 0.2) is 0 Å². The molecule has 0 spiro atoms. The van der Waals surface area contributed by atoms with Gasteiger partial charge in [0.05, 0.1) is 18.5 Å². The molecule has 1 rings (SSSR count). The van der Waals surface area contributed by atoms with Crippen LogP contribution >= 0.6 is 11.8 Å². The van der Waals surface area contributed by atoms with Crippen molar-refractivity contribution in [2.75, 3.05) is 25.1 Å². The molecule has 18 nitrogen and oxygen atoms in total. The van der Waals surface area contributed by atoms with E-state index in [9.17, 15) is 43.5 Å². The van der Waals surface area contributed by atoms with Gasteiger partial charge in [0.15, 0.2) is 5.96 Å². The summed E-state index contributed by atoms with van der Waals surface area (Å²) in [6, 6.07) is -6.32. The lowest BCUT2D eigenvalue weighted by Gasteiger charge is -2.26. The molecule has 1 saturated heterocycles. The average Bonchev–Trinajstić information content (AvgIpc) is 3.08. The molecule has 0 radical (unpaired) electrons. The fraction of sp³-hybridized carbons (Fsp3) is 0.727. The molecule has 12 N–H and O–H groups in total. The molecule has 1 fully saturated rings. The molecule has 0 aromatic rings. The zero-order chi connectivity index (χ0) is 39.1. The number of aliphatic carboxylic acids is 1. The van der Waals surface area contributed by atoms with E-state index in [1.165, 1.54) is 11.8 Å². The SMILES string of the molecule is CSCCC1NC(=O)[C@H](CCCNC(=N)N)NC(=O)C(CCC(=O)O)NC(=O)[C@H](CC(N)=O)NC(=O)CCCCCCCCCNC(C)C(=O)C1=O. The van der Waals surface area contributed by atoms with Crippen LogP contribution in [0.25, 0.3) is 0 Å². The van der Waals surface area contributed by atoms with Crippen LogP contribution in [0, 0.1) is 5.41 Å². The molecule has 1 heterocycles. The summed E-state index contributed by atoms with van der Waals surface area (Å²) < 4.78 is 0. The monoisotopic (exact) mass is 755 g/mol. The van der Waals surface area contributed by atoms with Gasteiger partial charge in [-0.2, -0.15) is 11.8 Å². The lowest BCUT2D eigenvalue weighted by molar-refractivity contribution is -0.140. The van der Waals surface area contributed by atoms with Crippen molar-refractivity contribution in [2.45, 2.75) is 127 Å². The molecule has 0 aromatic heterocycles. The van der Waals surface area contributed by atoms with Gasteiger partial charge in [-0.05, 0) is 64.0 Å². The quantitative estimate of drug-likeness (QED) is 0.0492. The zero-order valence-electron chi connectivity index (χ0n) is 30.2. The van der Waals surface area contributed by atoms with Gasteiger partial charge in [0.1, 0.15) is 18.1 Å². The third-order valence-corrected chi connectivity index (χ3v) is 9.01. The number of thioether (sulfide) groups is 1. The summed E-state index contributed by atoms with van der Waals surface area (Å²) in [5.74, 6) is -6.81. The van der Waals surface area contributed by atoms with Crippen LogP contribution in [-0.4, -0.2) is 113 Å². The fourth-order valence-electron chi connectivity index (χ4n) is 5.42. The minimum atomic E-state index is -1.53. The van der Waals surface area contributed by atoms with Crippen molar-refractivity contribution in [3.63, 3.8) is 0 Å². The van der Waals surface area contributed by atoms with Gasteiger partial charge in [0.25, 0.3) is 0 Å². The number of Topliss-reactive ketones (excluding diaryl/α,β-unsaturated/α-hetero) is 2. The first-order chi connectivity index (χ1) is 24.7. The van der Waals surface area contributed by atoms with Crippen LogP contribution in [0.4, 0.5) is 0 Å². The Hall–Kier alpha value is -4.26. The Morgan fingerprint density at radius 3 is 1.92 bits per heavy atom. The van der Waals surface area contributed by atoms with E-state index < -0.39 is 96.5 Å². The minimum Gasteiger partial charge on any atom is -0.481 e. The number of carboxylic acids is 1. The topological polar surface area (TPSA) is 305 Å². The normalized spacial score (nSPS) is 24.2. The van der Waals surface area contributed by atoms with Crippen molar-refractivity contribution in [3.8, 4) is 0 Å². The molecular formula is C33H57N9O9S. The second-order valence-corrected chi connectivity index (χ2v) is 13.8. The molecule has 52 heavy (non-hydrogen) atoms. The standard InChI is InChI=1S/C33H57N9O9S/c1-20-28(47)29(48)21(15-18-52-2)40-30(49)22(11-10-17-38-33(35)36)41-31(50)23(13-14-27(45)46)42-32(51)24(19-25(34)43)39-26(44)12-8-6-4-3-5-7-9-16-37-20/h20-24,37H,3-19H2,1-2H3,(H2,34,43)(H,39,44)(H,40,49)(H,41,50)(H,42,51)(H,45,46)(H4,35,36,38)/t20?,21?,22-,23?,24-/m0/s1. The Labute approximate surface area is 308 Å². The van der Waals surface area contributed by atoms with Crippen molar-refractivity contribution < 1.29 is 43.5 Å². The number of nitrogens with two attached hydrogens (primary N) is 2. The molecular weight excluding hydrogens is 698 g/mol. The van der Waals surface area contributed by atoms with Crippen LogP contribution in [-0.2, 0) is 38.4 Å². The Kier molecular flexibility index (Phi) is 22.6. The van der Waals surface area contributed by atoms with Crippen molar-refractivity contribution >= 4 is 64.8 Å². The number of ketones is 2. The maximum absolute atomic E-state index is 13.7. The number of carbonyl (C=O) groups excluding carboxylic acids is 7. The summed E-state index contributed by atoms with van der Waals surface area (Å²) in [4.78, 5) is 103. The number of nitrogens with one attached hydrogen (secondary N) is 7. The minimum absolute atomic E-state index is 0.0485. The molecule has 19 heteroatoms. The number of hydrogen-bond acceptors (Lipinski definition) is 11. The van der Waals surface area contributed by atoms with Crippen molar-refractivity contribution in [3.05, 3.63) is 0 Å². The summed E-state index contributed by atoms with van der Waals surface area (Å²) in [5, 5.41) is 32.4. The predicted molar refractivity (Wildman–Crippen MR) is 195 cm³/mol. The van der Waals surface area contributed by atoms with Crippen LogP contribution in [0.1, 0.15) is 96.8 Å². The van der Waals surface area contributed by atoms with E-state index in [1.54, 1.807) is 13.2 Å². The smallest absolute Gasteiger partial charge is 0.303 e. The van der Waals surface area contributed by atoms with E-state index in [0.29, 0.717) is 18.7 Å². The van der Waals surface area contributed by atoms with Gasteiger partial charge in [-0.1, -0.05) is 32.1 Å². The van der Waals surface area contributed by atoms with E-state index in [2.05, 4.69) is 31.9 Å². The first-order valence-corrected chi connectivity index (χ1v) is 19.1. The average molecular weight is 756 g/mol. The maximum atomic E-state index is 13.7. The van der Waals surface area contributed by atoms with Gasteiger partial charge in [-0.3, -0.25) is 43.8 Å². The van der Waals surface area contributed by atoms with Gasteiger partial charge in [0.2, 0.25) is 41.1 Å². The molecule has 5 amide bonds. The zero-order valence-corrected chi connectivity index (χ0v) is 31.0. The Morgan fingerprint density at radius 1 is 0.788 bits per heavy atom. The van der Waals surface area contributed by atoms with Gasteiger partial charge in [-0.25, -0.2) is 0 Å². The van der Waals surface area contributed by atoms with E-state index in [-0.39, 0.29) is 38.2 Å². The Balaban J connectivity index is 3.46. The lowest BCUT2D eigenvalue weighted by Crippen LogP contribution is -2.58. The second-order valence-electron chi connectivity index (χ2n) is 12.8. The molecule has 0 saturated carbocycles. The molecule has 3 unspecified atom stereocenters. The van der Waals surface area contributed by atoms with E-state index in [0.717, 1.165) is 38.5 Å². The lowest BCUT2D eigenvalue weighted by atomic mass is 10.0. The van der Waals surface area contributed by atoms with E-state index in [4.69, 9.17) is 16.9 Å².